The number of piperidine rings is 1. The molecule has 0 aromatic heterocycles. The Labute approximate surface area is 121 Å². The van der Waals surface area contributed by atoms with Crippen molar-refractivity contribution >= 4 is 5.69 Å². The summed E-state index contributed by atoms with van der Waals surface area (Å²) in [5.41, 5.74) is 7.50. The molecule has 2 atom stereocenters. The fourth-order valence-corrected chi connectivity index (χ4v) is 3.58. The lowest BCUT2D eigenvalue weighted by atomic mass is 9.96. The maximum Gasteiger partial charge on any atom is 0.120 e. The Kier molecular flexibility index (Phi) is 3.85. The number of benzene rings is 1. The number of aromatic hydroxyl groups is 1. The largest absolute Gasteiger partial charge is 0.508 e. The third kappa shape index (κ3) is 2.76. The first-order chi connectivity index (χ1) is 9.63. The van der Waals surface area contributed by atoms with Crippen molar-refractivity contribution in [1.29, 1.82) is 0 Å². The summed E-state index contributed by atoms with van der Waals surface area (Å²) in [7, 11) is 0. The fourth-order valence-electron chi connectivity index (χ4n) is 3.58. The zero-order valence-corrected chi connectivity index (χ0v) is 12.3. The van der Waals surface area contributed by atoms with Gasteiger partial charge in [0.15, 0.2) is 0 Å². The number of phenols is 1. The molecule has 3 rings (SSSR count). The summed E-state index contributed by atoms with van der Waals surface area (Å²) in [4.78, 5) is 5.13. The van der Waals surface area contributed by atoms with Crippen LogP contribution in [-0.4, -0.2) is 46.6 Å². The summed E-state index contributed by atoms with van der Waals surface area (Å²) in [5, 5.41) is 9.99. The number of hydrogen-bond acceptors (Lipinski definition) is 4. The van der Waals surface area contributed by atoms with Crippen molar-refractivity contribution in [3.05, 3.63) is 23.8 Å². The molecular formula is C16H25N3O. The second-order valence-corrected chi connectivity index (χ2v) is 6.31. The molecule has 0 radical (unpaired) electrons. The van der Waals surface area contributed by atoms with E-state index in [0.717, 1.165) is 30.9 Å². The molecule has 0 saturated carbocycles. The molecule has 2 saturated heterocycles. The monoisotopic (exact) mass is 275 g/mol. The molecule has 0 bridgehead atoms. The highest BCUT2D eigenvalue weighted by Gasteiger charge is 2.32. The Morgan fingerprint density at radius 2 is 2.15 bits per heavy atom. The lowest BCUT2D eigenvalue weighted by molar-refractivity contribution is 0.0108. The van der Waals surface area contributed by atoms with Gasteiger partial charge in [0.05, 0.1) is 0 Å². The number of hydrogen-bond donors (Lipinski definition) is 2. The second-order valence-electron chi connectivity index (χ2n) is 6.31. The SMILES string of the molecule is CC1CN2CCCCC2CN1Cc1cc(N)ccc1O. The van der Waals surface area contributed by atoms with Crippen molar-refractivity contribution in [3.8, 4) is 5.75 Å². The number of fused-ring (bicyclic) bond motifs is 1. The van der Waals surface area contributed by atoms with Crippen molar-refractivity contribution in [2.75, 3.05) is 25.4 Å². The predicted molar refractivity (Wildman–Crippen MR) is 81.6 cm³/mol. The third-order valence-corrected chi connectivity index (χ3v) is 4.79. The van der Waals surface area contributed by atoms with E-state index in [9.17, 15) is 5.11 Å². The van der Waals surface area contributed by atoms with Gasteiger partial charge in [-0.1, -0.05) is 6.42 Å². The van der Waals surface area contributed by atoms with Gasteiger partial charge in [-0.2, -0.15) is 0 Å². The lowest BCUT2D eigenvalue weighted by Gasteiger charge is -2.47. The maximum atomic E-state index is 9.99. The molecule has 0 aliphatic carbocycles. The molecule has 2 aliphatic heterocycles. The minimum atomic E-state index is 0.359. The number of nitrogens with two attached hydrogens (primary N) is 1. The maximum absolute atomic E-state index is 9.99. The van der Waals surface area contributed by atoms with E-state index >= 15 is 0 Å². The fraction of sp³-hybridized carbons (Fsp3) is 0.625. The Morgan fingerprint density at radius 3 is 3.00 bits per heavy atom. The van der Waals surface area contributed by atoms with E-state index < -0.39 is 0 Å². The van der Waals surface area contributed by atoms with Crippen LogP contribution in [-0.2, 0) is 6.54 Å². The average Bonchev–Trinajstić information content (AvgIpc) is 2.43. The van der Waals surface area contributed by atoms with E-state index in [1.807, 2.05) is 6.07 Å². The third-order valence-electron chi connectivity index (χ3n) is 4.79. The van der Waals surface area contributed by atoms with E-state index in [2.05, 4.69) is 16.7 Å². The zero-order chi connectivity index (χ0) is 14.1. The molecule has 3 N–H and O–H groups in total. The first-order valence-corrected chi connectivity index (χ1v) is 7.69. The van der Waals surface area contributed by atoms with Gasteiger partial charge in [-0.15, -0.1) is 0 Å². The number of nitrogen functional groups attached to an aromatic ring is 1. The van der Waals surface area contributed by atoms with Crippen LogP contribution in [0.1, 0.15) is 31.7 Å². The van der Waals surface area contributed by atoms with Gasteiger partial charge in [0, 0.05) is 43.0 Å². The summed E-state index contributed by atoms with van der Waals surface area (Å²) >= 11 is 0. The molecule has 2 aliphatic rings. The highest BCUT2D eigenvalue weighted by atomic mass is 16.3. The van der Waals surface area contributed by atoms with Gasteiger partial charge in [0.2, 0.25) is 0 Å². The molecule has 2 heterocycles. The summed E-state index contributed by atoms with van der Waals surface area (Å²) in [6.07, 6.45) is 4.01. The van der Waals surface area contributed by atoms with Gasteiger partial charge in [0.25, 0.3) is 0 Å². The normalized spacial score (nSPS) is 28.2. The topological polar surface area (TPSA) is 52.7 Å². The molecule has 4 heteroatoms. The Balaban J connectivity index is 1.71. The van der Waals surface area contributed by atoms with E-state index in [4.69, 9.17) is 5.73 Å². The van der Waals surface area contributed by atoms with Crippen molar-refractivity contribution in [2.45, 2.75) is 44.8 Å². The molecule has 1 aromatic rings. The number of rotatable bonds is 2. The molecule has 4 nitrogen and oxygen atoms in total. The Morgan fingerprint density at radius 1 is 1.30 bits per heavy atom. The molecular weight excluding hydrogens is 250 g/mol. The highest BCUT2D eigenvalue weighted by molar-refractivity contribution is 5.47. The van der Waals surface area contributed by atoms with Gasteiger partial charge in [-0.25, -0.2) is 0 Å². The van der Waals surface area contributed by atoms with Crippen molar-refractivity contribution in [1.82, 2.24) is 9.80 Å². The predicted octanol–water partition coefficient (Wildman–Crippen LogP) is 2.03. The van der Waals surface area contributed by atoms with Crippen LogP contribution in [0.3, 0.4) is 0 Å². The highest BCUT2D eigenvalue weighted by Crippen LogP contribution is 2.27. The Bertz CT molecular complexity index is 477. The van der Waals surface area contributed by atoms with Gasteiger partial charge >= 0.3 is 0 Å². The van der Waals surface area contributed by atoms with Crippen LogP contribution in [0.5, 0.6) is 5.75 Å². The van der Waals surface area contributed by atoms with Crippen LogP contribution in [0, 0.1) is 0 Å². The average molecular weight is 275 g/mol. The first-order valence-electron chi connectivity index (χ1n) is 7.69. The lowest BCUT2D eigenvalue weighted by Crippen LogP contribution is -2.58. The molecule has 110 valence electrons. The number of anilines is 1. The summed E-state index contributed by atoms with van der Waals surface area (Å²) in [5.74, 6) is 0.359. The van der Waals surface area contributed by atoms with Gasteiger partial charge < -0.3 is 10.8 Å². The summed E-state index contributed by atoms with van der Waals surface area (Å²) < 4.78 is 0. The molecule has 2 unspecified atom stereocenters. The molecule has 20 heavy (non-hydrogen) atoms. The van der Waals surface area contributed by atoms with Crippen LogP contribution >= 0.6 is 0 Å². The number of phenolic OH excluding ortho intramolecular Hbond substituents is 1. The van der Waals surface area contributed by atoms with Crippen molar-refractivity contribution in [2.24, 2.45) is 0 Å². The van der Waals surface area contributed by atoms with Crippen molar-refractivity contribution in [3.63, 3.8) is 0 Å². The minimum absolute atomic E-state index is 0.359. The van der Waals surface area contributed by atoms with Gasteiger partial charge in [0.1, 0.15) is 5.75 Å². The summed E-state index contributed by atoms with van der Waals surface area (Å²) in [6.45, 7) is 6.59. The number of piperazine rings is 1. The first kappa shape index (κ1) is 13.7. The quantitative estimate of drug-likeness (QED) is 0.640. The van der Waals surface area contributed by atoms with Gasteiger partial charge in [-0.05, 0) is 44.5 Å². The standard InChI is InChI=1S/C16H25N3O/c1-12-9-18-7-3-2-4-15(18)11-19(12)10-13-8-14(17)5-6-16(13)20/h5-6,8,12,15,20H,2-4,7,9-11,17H2,1H3. The van der Waals surface area contributed by atoms with E-state index in [-0.39, 0.29) is 0 Å². The second kappa shape index (κ2) is 5.62. The molecule has 1 aromatic carbocycles. The number of nitrogens with zero attached hydrogens (tertiary/aromatic N) is 2. The van der Waals surface area contributed by atoms with E-state index in [1.54, 1.807) is 12.1 Å². The summed E-state index contributed by atoms with van der Waals surface area (Å²) in [6, 6.07) is 6.58. The minimum Gasteiger partial charge on any atom is -0.508 e. The van der Waals surface area contributed by atoms with Crippen LogP contribution in [0.25, 0.3) is 0 Å². The van der Waals surface area contributed by atoms with E-state index in [0.29, 0.717) is 17.8 Å². The van der Waals surface area contributed by atoms with Crippen LogP contribution in [0.4, 0.5) is 5.69 Å². The van der Waals surface area contributed by atoms with Gasteiger partial charge in [-0.3, -0.25) is 9.80 Å². The van der Waals surface area contributed by atoms with Crippen LogP contribution < -0.4 is 5.73 Å². The van der Waals surface area contributed by atoms with Crippen molar-refractivity contribution < 1.29 is 5.11 Å². The van der Waals surface area contributed by atoms with Crippen LogP contribution in [0.2, 0.25) is 0 Å². The smallest absolute Gasteiger partial charge is 0.120 e. The van der Waals surface area contributed by atoms with E-state index in [1.165, 1.54) is 25.8 Å². The van der Waals surface area contributed by atoms with Crippen LogP contribution in [0.15, 0.2) is 18.2 Å². The molecule has 2 fully saturated rings. The molecule has 0 amide bonds. The zero-order valence-electron chi connectivity index (χ0n) is 12.3. The molecule has 0 spiro atoms. The Hall–Kier alpha value is -1.26.